The summed E-state index contributed by atoms with van der Waals surface area (Å²) >= 11 is 11.6. The molecule has 1 saturated carbocycles. The molecule has 104 valence electrons. The zero-order chi connectivity index (χ0) is 14.4. The maximum absolute atomic E-state index is 12.3. The number of halogens is 2. The molecule has 0 bridgehead atoms. The summed E-state index contributed by atoms with van der Waals surface area (Å²) in [6.07, 6.45) is 1.60. The molecule has 2 rings (SSSR count). The molecular formula is C11H11Cl2NO4S. The molecule has 8 heteroatoms. The van der Waals surface area contributed by atoms with Crippen molar-refractivity contribution in [1.29, 1.82) is 0 Å². The standard InChI is InChI=1S/C11H11Cl2NO4S/c1-14(6-2-3-6)19(17,18)10-4-7(11(15)16)8(12)5-9(10)13/h4-6H,2-3H2,1H3,(H,15,16). The number of aromatic carboxylic acids is 1. The highest BCUT2D eigenvalue weighted by atomic mass is 35.5. The third kappa shape index (κ3) is 2.72. The number of rotatable bonds is 4. The fourth-order valence-corrected chi connectivity index (χ4v) is 3.92. The molecule has 1 aliphatic carbocycles. The largest absolute Gasteiger partial charge is 0.478 e. The van der Waals surface area contributed by atoms with Crippen molar-refractivity contribution >= 4 is 39.2 Å². The van der Waals surface area contributed by atoms with Crippen molar-refractivity contribution in [3.8, 4) is 0 Å². The van der Waals surface area contributed by atoms with Crippen LogP contribution in [0.25, 0.3) is 0 Å². The molecule has 0 aliphatic heterocycles. The van der Waals surface area contributed by atoms with Gasteiger partial charge in [0.25, 0.3) is 0 Å². The molecule has 0 saturated heterocycles. The van der Waals surface area contributed by atoms with Crippen LogP contribution in [-0.2, 0) is 10.0 Å². The molecule has 1 aromatic rings. The van der Waals surface area contributed by atoms with E-state index in [1.165, 1.54) is 11.4 Å². The molecule has 0 amide bonds. The Morgan fingerprint density at radius 3 is 2.37 bits per heavy atom. The molecule has 19 heavy (non-hydrogen) atoms. The molecule has 1 aliphatic rings. The number of carbonyl (C=O) groups is 1. The Bertz CT molecular complexity index is 640. The third-order valence-electron chi connectivity index (χ3n) is 2.97. The third-order valence-corrected chi connectivity index (χ3v) is 5.66. The lowest BCUT2D eigenvalue weighted by Crippen LogP contribution is -2.29. The van der Waals surface area contributed by atoms with Gasteiger partial charge in [-0.2, -0.15) is 4.31 Å². The lowest BCUT2D eigenvalue weighted by Gasteiger charge is -2.17. The summed E-state index contributed by atoms with van der Waals surface area (Å²) in [6.45, 7) is 0. The van der Waals surface area contributed by atoms with Gasteiger partial charge < -0.3 is 5.11 Å². The first kappa shape index (κ1) is 14.6. The number of nitrogens with zero attached hydrogens (tertiary/aromatic N) is 1. The zero-order valence-electron chi connectivity index (χ0n) is 9.93. The van der Waals surface area contributed by atoms with Crippen molar-refractivity contribution in [2.24, 2.45) is 0 Å². The fraction of sp³-hybridized carbons (Fsp3) is 0.364. The van der Waals surface area contributed by atoms with E-state index in [2.05, 4.69) is 0 Å². The topological polar surface area (TPSA) is 74.7 Å². The molecule has 0 heterocycles. The van der Waals surface area contributed by atoms with Gasteiger partial charge in [0.05, 0.1) is 15.6 Å². The highest BCUT2D eigenvalue weighted by Crippen LogP contribution is 2.35. The highest BCUT2D eigenvalue weighted by molar-refractivity contribution is 7.89. The first-order valence-electron chi connectivity index (χ1n) is 5.45. The minimum atomic E-state index is -3.80. The van der Waals surface area contributed by atoms with E-state index < -0.39 is 16.0 Å². The predicted molar refractivity (Wildman–Crippen MR) is 71.4 cm³/mol. The summed E-state index contributed by atoms with van der Waals surface area (Å²) in [5.41, 5.74) is -0.283. The van der Waals surface area contributed by atoms with Gasteiger partial charge in [-0.05, 0) is 25.0 Å². The van der Waals surface area contributed by atoms with E-state index in [9.17, 15) is 13.2 Å². The lowest BCUT2D eigenvalue weighted by atomic mass is 10.2. The van der Waals surface area contributed by atoms with E-state index in [-0.39, 0.29) is 26.5 Å². The Kier molecular flexibility index (Phi) is 3.79. The van der Waals surface area contributed by atoms with Crippen LogP contribution in [0.4, 0.5) is 0 Å². The van der Waals surface area contributed by atoms with Crippen molar-refractivity contribution in [3.63, 3.8) is 0 Å². The molecule has 0 aromatic heterocycles. The summed E-state index contributed by atoms with van der Waals surface area (Å²) in [5.74, 6) is -1.30. The summed E-state index contributed by atoms with van der Waals surface area (Å²) in [7, 11) is -2.34. The molecule has 0 spiro atoms. The van der Waals surface area contributed by atoms with Crippen LogP contribution in [0.2, 0.25) is 10.0 Å². The normalized spacial score (nSPS) is 15.8. The van der Waals surface area contributed by atoms with Crippen LogP contribution in [0.15, 0.2) is 17.0 Å². The fourth-order valence-electron chi connectivity index (χ4n) is 1.68. The van der Waals surface area contributed by atoms with Gasteiger partial charge in [0.2, 0.25) is 10.0 Å². The number of carboxylic acids is 1. The Morgan fingerprint density at radius 1 is 1.32 bits per heavy atom. The van der Waals surface area contributed by atoms with Gasteiger partial charge in [0.1, 0.15) is 4.90 Å². The summed E-state index contributed by atoms with van der Waals surface area (Å²) in [4.78, 5) is 10.8. The van der Waals surface area contributed by atoms with E-state index in [1.807, 2.05) is 0 Å². The Morgan fingerprint density at radius 2 is 1.89 bits per heavy atom. The van der Waals surface area contributed by atoms with E-state index in [0.717, 1.165) is 25.0 Å². The van der Waals surface area contributed by atoms with E-state index in [1.54, 1.807) is 0 Å². The van der Waals surface area contributed by atoms with Gasteiger partial charge in [-0.3, -0.25) is 0 Å². The van der Waals surface area contributed by atoms with Crippen LogP contribution in [0.5, 0.6) is 0 Å². The van der Waals surface area contributed by atoms with Gasteiger partial charge >= 0.3 is 5.97 Å². The van der Waals surface area contributed by atoms with Gasteiger partial charge in [-0.15, -0.1) is 0 Å². The minimum absolute atomic E-state index is 0.0370. The second-order valence-corrected chi connectivity index (χ2v) is 7.10. The minimum Gasteiger partial charge on any atom is -0.478 e. The maximum Gasteiger partial charge on any atom is 0.337 e. The van der Waals surface area contributed by atoms with Crippen LogP contribution in [0.1, 0.15) is 23.2 Å². The molecule has 1 fully saturated rings. The van der Waals surface area contributed by atoms with Gasteiger partial charge in [-0.1, -0.05) is 23.2 Å². The van der Waals surface area contributed by atoms with E-state index >= 15 is 0 Å². The van der Waals surface area contributed by atoms with Crippen LogP contribution < -0.4 is 0 Å². The van der Waals surface area contributed by atoms with Crippen molar-refractivity contribution in [2.45, 2.75) is 23.8 Å². The molecule has 0 unspecified atom stereocenters. The Labute approximate surface area is 120 Å². The van der Waals surface area contributed by atoms with Gasteiger partial charge in [0, 0.05) is 13.1 Å². The first-order valence-corrected chi connectivity index (χ1v) is 7.65. The smallest absolute Gasteiger partial charge is 0.337 e. The molecule has 0 atom stereocenters. The summed E-state index contributed by atoms with van der Waals surface area (Å²) in [5, 5.41) is 8.80. The first-order chi connectivity index (χ1) is 8.75. The van der Waals surface area contributed by atoms with Crippen molar-refractivity contribution in [2.75, 3.05) is 7.05 Å². The SMILES string of the molecule is CN(C1CC1)S(=O)(=O)c1cc(C(=O)O)c(Cl)cc1Cl. The van der Waals surface area contributed by atoms with Crippen molar-refractivity contribution < 1.29 is 18.3 Å². The second kappa shape index (κ2) is 4.94. The van der Waals surface area contributed by atoms with Crippen molar-refractivity contribution in [3.05, 3.63) is 27.7 Å². The van der Waals surface area contributed by atoms with E-state index in [0.29, 0.717) is 0 Å². The maximum atomic E-state index is 12.3. The van der Waals surface area contributed by atoms with Gasteiger partial charge in [0.15, 0.2) is 0 Å². The monoisotopic (exact) mass is 323 g/mol. The molecule has 1 aromatic carbocycles. The number of hydrogen-bond donors (Lipinski definition) is 1. The van der Waals surface area contributed by atoms with Crippen LogP contribution in [-0.4, -0.2) is 36.9 Å². The predicted octanol–water partition coefficient (Wildman–Crippen LogP) is 2.47. The average Bonchev–Trinajstić information content (AvgIpc) is 3.10. The molecule has 1 N–H and O–H groups in total. The molecule has 0 radical (unpaired) electrons. The van der Waals surface area contributed by atoms with Crippen LogP contribution in [0, 0.1) is 0 Å². The summed E-state index contributed by atoms with van der Waals surface area (Å²) in [6, 6.07) is 2.10. The lowest BCUT2D eigenvalue weighted by molar-refractivity contribution is 0.0697. The number of carboxylic acid groups (broad SMARTS) is 1. The number of sulfonamides is 1. The molecule has 5 nitrogen and oxygen atoms in total. The average molecular weight is 324 g/mol. The van der Waals surface area contributed by atoms with E-state index in [4.69, 9.17) is 28.3 Å². The quantitative estimate of drug-likeness (QED) is 0.923. The molecular weight excluding hydrogens is 313 g/mol. The number of hydrogen-bond acceptors (Lipinski definition) is 3. The number of benzene rings is 1. The Hall–Kier alpha value is -0.820. The van der Waals surface area contributed by atoms with Crippen LogP contribution in [0.3, 0.4) is 0 Å². The van der Waals surface area contributed by atoms with Gasteiger partial charge in [-0.25, -0.2) is 13.2 Å². The van der Waals surface area contributed by atoms with Crippen molar-refractivity contribution in [1.82, 2.24) is 4.31 Å². The summed E-state index contributed by atoms with van der Waals surface area (Å²) < 4.78 is 25.9. The Balaban J connectivity index is 2.55. The zero-order valence-corrected chi connectivity index (χ0v) is 12.3. The highest BCUT2D eigenvalue weighted by Gasteiger charge is 2.36. The second-order valence-electron chi connectivity index (χ2n) is 4.32. The van der Waals surface area contributed by atoms with Crippen LogP contribution >= 0.6 is 23.2 Å².